The molecule has 19 heavy (non-hydrogen) atoms. The van der Waals surface area contributed by atoms with Gasteiger partial charge in [0.15, 0.2) is 0 Å². The van der Waals surface area contributed by atoms with E-state index in [1.54, 1.807) is 7.11 Å². The Balaban J connectivity index is 1.80. The van der Waals surface area contributed by atoms with Crippen molar-refractivity contribution in [1.29, 1.82) is 0 Å². The van der Waals surface area contributed by atoms with Crippen LogP contribution in [-0.2, 0) is 0 Å². The lowest BCUT2D eigenvalue weighted by Gasteiger charge is -2.17. The summed E-state index contributed by atoms with van der Waals surface area (Å²) >= 11 is 3.43. The summed E-state index contributed by atoms with van der Waals surface area (Å²) in [6, 6.07) is 5.87. The van der Waals surface area contributed by atoms with Gasteiger partial charge in [-0.3, -0.25) is 0 Å². The van der Waals surface area contributed by atoms with Gasteiger partial charge >= 0.3 is 0 Å². The molecule has 1 aromatic carbocycles. The summed E-state index contributed by atoms with van der Waals surface area (Å²) in [5.74, 6) is 1.52. The topological polar surface area (TPSA) is 41.5 Å². The Morgan fingerprint density at radius 3 is 2.84 bits per heavy atom. The highest BCUT2D eigenvalue weighted by Crippen LogP contribution is 2.29. The number of nitrogens with one attached hydrogen (secondary N) is 1. The second-order valence-electron chi connectivity index (χ2n) is 5.27. The van der Waals surface area contributed by atoms with Crippen LogP contribution in [0.15, 0.2) is 22.7 Å². The second-order valence-corrected chi connectivity index (χ2v) is 6.12. The predicted molar refractivity (Wildman–Crippen MR) is 81.8 cm³/mol. The number of hydrogen-bond donors (Lipinski definition) is 2. The van der Waals surface area contributed by atoms with E-state index >= 15 is 0 Å². The Morgan fingerprint density at radius 1 is 1.42 bits per heavy atom. The van der Waals surface area contributed by atoms with Gasteiger partial charge in [-0.15, -0.1) is 0 Å². The quantitative estimate of drug-likeness (QED) is 0.834. The molecule has 3 nitrogen and oxygen atoms in total. The summed E-state index contributed by atoms with van der Waals surface area (Å²) in [5.41, 5.74) is 0.977. The Kier molecular flexibility index (Phi) is 5.52. The normalized spacial score (nSPS) is 17.4. The zero-order valence-corrected chi connectivity index (χ0v) is 12.9. The fourth-order valence-electron chi connectivity index (χ4n) is 2.72. The van der Waals surface area contributed by atoms with E-state index < -0.39 is 0 Å². The van der Waals surface area contributed by atoms with Crippen LogP contribution in [0, 0.1) is 5.92 Å². The van der Waals surface area contributed by atoms with Gasteiger partial charge in [-0.25, -0.2) is 0 Å². The first-order valence-corrected chi connectivity index (χ1v) is 7.74. The van der Waals surface area contributed by atoms with E-state index in [9.17, 15) is 5.11 Å². The van der Waals surface area contributed by atoms with Gasteiger partial charge in [-0.05, 0) is 40.4 Å². The molecule has 0 spiro atoms. The third kappa shape index (κ3) is 4.39. The van der Waals surface area contributed by atoms with Gasteiger partial charge in [0.05, 0.1) is 17.7 Å². The van der Waals surface area contributed by atoms with Crippen molar-refractivity contribution in [3.63, 3.8) is 0 Å². The smallest absolute Gasteiger partial charge is 0.135 e. The molecule has 1 aliphatic carbocycles. The minimum Gasteiger partial charge on any atom is -0.495 e. The Labute approximate surface area is 123 Å². The molecule has 1 fully saturated rings. The molecule has 1 atom stereocenters. The highest BCUT2D eigenvalue weighted by molar-refractivity contribution is 9.10. The van der Waals surface area contributed by atoms with Crippen LogP contribution in [0.25, 0.3) is 0 Å². The monoisotopic (exact) mass is 327 g/mol. The maximum absolute atomic E-state index is 10.0. The maximum Gasteiger partial charge on any atom is 0.135 e. The molecule has 1 saturated carbocycles. The summed E-state index contributed by atoms with van der Waals surface area (Å²) in [6.07, 6.45) is 5.87. The van der Waals surface area contributed by atoms with E-state index in [2.05, 4.69) is 21.2 Å². The molecule has 1 aromatic rings. The number of aliphatic hydroxyl groups is 1. The third-order valence-electron chi connectivity index (χ3n) is 3.77. The lowest BCUT2D eigenvalue weighted by molar-refractivity contribution is 0.155. The van der Waals surface area contributed by atoms with Crippen LogP contribution >= 0.6 is 15.9 Å². The fourth-order valence-corrected chi connectivity index (χ4v) is 3.13. The van der Waals surface area contributed by atoms with Gasteiger partial charge in [-0.1, -0.05) is 25.7 Å². The molecule has 106 valence electrons. The molecule has 0 saturated heterocycles. The molecule has 0 aliphatic heterocycles. The zero-order chi connectivity index (χ0) is 13.7. The molecule has 2 N–H and O–H groups in total. The molecule has 1 aliphatic rings. The van der Waals surface area contributed by atoms with Crippen LogP contribution in [0.4, 0.5) is 5.69 Å². The van der Waals surface area contributed by atoms with Gasteiger partial charge in [0.1, 0.15) is 5.75 Å². The van der Waals surface area contributed by atoms with Gasteiger partial charge in [0.2, 0.25) is 0 Å². The molecule has 0 radical (unpaired) electrons. The predicted octanol–water partition coefficient (Wildman–Crippen LogP) is 3.81. The standard InChI is InChI=1S/C15H22BrNO2/c1-19-15-9-12(6-7-14(15)16)17-10-13(18)8-11-4-2-3-5-11/h6-7,9,11,13,17-18H,2-5,8,10H2,1H3. The van der Waals surface area contributed by atoms with Crippen LogP contribution in [0.2, 0.25) is 0 Å². The zero-order valence-electron chi connectivity index (χ0n) is 11.4. The summed E-state index contributed by atoms with van der Waals surface area (Å²) < 4.78 is 6.19. The third-order valence-corrected chi connectivity index (χ3v) is 4.43. The molecule has 1 unspecified atom stereocenters. The molecule has 0 aromatic heterocycles. The van der Waals surface area contributed by atoms with Crippen LogP contribution in [-0.4, -0.2) is 24.9 Å². The van der Waals surface area contributed by atoms with E-state index in [0.717, 1.165) is 28.2 Å². The largest absolute Gasteiger partial charge is 0.495 e. The van der Waals surface area contributed by atoms with Crippen LogP contribution < -0.4 is 10.1 Å². The highest BCUT2D eigenvalue weighted by Gasteiger charge is 2.18. The average molecular weight is 328 g/mol. The van der Waals surface area contributed by atoms with Crippen molar-refractivity contribution in [2.75, 3.05) is 19.0 Å². The van der Waals surface area contributed by atoms with E-state index in [0.29, 0.717) is 6.54 Å². The lowest BCUT2D eigenvalue weighted by Crippen LogP contribution is -2.22. The first-order chi connectivity index (χ1) is 9.19. The van der Waals surface area contributed by atoms with Crippen molar-refractivity contribution in [2.24, 2.45) is 5.92 Å². The number of ether oxygens (including phenoxy) is 1. The summed E-state index contributed by atoms with van der Waals surface area (Å²) in [5, 5.41) is 13.3. The SMILES string of the molecule is COc1cc(NCC(O)CC2CCCC2)ccc1Br. The molecular formula is C15H22BrNO2. The molecule has 2 rings (SSSR count). The summed E-state index contributed by atoms with van der Waals surface area (Å²) in [4.78, 5) is 0. The van der Waals surface area contributed by atoms with Crippen LogP contribution in [0.3, 0.4) is 0 Å². The lowest BCUT2D eigenvalue weighted by atomic mass is 10.00. The van der Waals surface area contributed by atoms with Crippen molar-refractivity contribution in [1.82, 2.24) is 0 Å². The van der Waals surface area contributed by atoms with Crippen molar-refractivity contribution < 1.29 is 9.84 Å². The van der Waals surface area contributed by atoms with E-state index in [-0.39, 0.29) is 6.10 Å². The van der Waals surface area contributed by atoms with Gasteiger partial charge < -0.3 is 15.2 Å². The molecule has 0 bridgehead atoms. The van der Waals surface area contributed by atoms with Crippen molar-refractivity contribution in [3.05, 3.63) is 22.7 Å². The maximum atomic E-state index is 10.0. The fraction of sp³-hybridized carbons (Fsp3) is 0.600. The van der Waals surface area contributed by atoms with Crippen molar-refractivity contribution in [3.8, 4) is 5.75 Å². The summed E-state index contributed by atoms with van der Waals surface area (Å²) in [7, 11) is 1.65. The van der Waals surface area contributed by atoms with E-state index in [1.807, 2.05) is 18.2 Å². The van der Waals surface area contributed by atoms with E-state index in [4.69, 9.17) is 4.74 Å². The first-order valence-electron chi connectivity index (χ1n) is 6.94. The average Bonchev–Trinajstić information content (AvgIpc) is 2.90. The molecule has 0 heterocycles. The first kappa shape index (κ1) is 14.7. The second kappa shape index (κ2) is 7.15. The molecular weight excluding hydrogens is 306 g/mol. The number of aliphatic hydroxyl groups excluding tert-OH is 1. The Morgan fingerprint density at radius 2 is 2.16 bits per heavy atom. The van der Waals surface area contributed by atoms with Gasteiger partial charge in [0.25, 0.3) is 0 Å². The number of anilines is 1. The summed E-state index contributed by atoms with van der Waals surface area (Å²) in [6.45, 7) is 0.598. The minimum absolute atomic E-state index is 0.266. The molecule has 0 amide bonds. The Hall–Kier alpha value is -0.740. The number of methoxy groups -OCH3 is 1. The van der Waals surface area contributed by atoms with Crippen molar-refractivity contribution in [2.45, 2.75) is 38.2 Å². The Bertz CT molecular complexity index is 405. The number of hydrogen-bond acceptors (Lipinski definition) is 3. The van der Waals surface area contributed by atoms with Gasteiger partial charge in [0, 0.05) is 18.3 Å². The minimum atomic E-state index is -0.266. The molecule has 4 heteroatoms. The highest BCUT2D eigenvalue weighted by atomic mass is 79.9. The van der Waals surface area contributed by atoms with E-state index in [1.165, 1.54) is 25.7 Å². The van der Waals surface area contributed by atoms with Crippen LogP contribution in [0.5, 0.6) is 5.75 Å². The van der Waals surface area contributed by atoms with Crippen LogP contribution in [0.1, 0.15) is 32.1 Å². The van der Waals surface area contributed by atoms with Gasteiger partial charge in [-0.2, -0.15) is 0 Å². The van der Waals surface area contributed by atoms with Crippen molar-refractivity contribution >= 4 is 21.6 Å². The number of halogens is 1. The number of rotatable bonds is 6. The number of benzene rings is 1.